The number of halogens is 1. The molecule has 0 N–H and O–H groups in total. The summed E-state index contributed by atoms with van der Waals surface area (Å²) in [6.07, 6.45) is 0.309. The van der Waals surface area contributed by atoms with Crippen LogP contribution >= 0.6 is 11.6 Å². The molecular weight excluding hydrogens is 260 g/mol. The Morgan fingerprint density at radius 1 is 1.21 bits per heavy atom. The second-order valence-electron chi connectivity index (χ2n) is 4.38. The maximum absolute atomic E-state index is 12.2. The Hall–Kier alpha value is -1.80. The molecule has 0 saturated heterocycles. The van der Waals surface area contributed by atoms with Gasteiger partial charge in [0, 0.05) is 22.6 Å². The topological polar surface area (TPSA) is 26.3 Å². The Bertz CT molecular complexity index is 605. The Kier molecular flexibility index (Phi) is 4.23. The third-order valence-corrected chi connectivity index (χ3v) is 3.44. The molecule has 0 fully saturated rings. The lowest BCUT2D eigenvalue weighted by atomic mass is 10.0. The minimum Gasteiger partial charge on any atom is -0.496 e. The average molecular weight is 275 g/mol. The molecule has 2 aromatic carbocycles. The van der Waals surface area contributed by atoms with Crippen LogP contribution in [0.4, 0.5) is 0 Å². The van der Waals surface area contributed by atoms with Crippen molar-refractivity contribution in [2.24, 2.45) is 0 Å². The molecule has 0 unspecified atom stereocenters. The number of benzene rings is 2. The van der Waals surface area contributed by atoms with Crippen LogP contribution in [0.15, 0.2) is 42.5 Å². The van der Waals surface area contributed by atoms with Gasteiger partial charge in [0.2, 0.25) is 0 Å². The molecule has 19 heavy (non-hydrogen) atoms. The number of carbonyl (C=O) groups is 1. The van der Waals surface area contributed by atoms with E-state index in [4.69, 9.17) is 16.3 Å². The van der Waals surface area contributed by atoms with Crippen LogP contribution in [-0.4, -0.2) is 12.9 Å². The molecule has 0 aliphatic carbocycles. The number of rotatable bonds is 4. The van der Waals surface area contributed by atoms with Gasteiger partial charge in [0.15, 0.2) is 5.78 Å². The van der Waals surface area contributed by atoms with Gasteiger partial charge in [-0.15, -0.1) is 0 Å². The summed E-state index contributed by atoms with van der Waals surface area (Å²) >= 11 is 6.04. The molecule has 0 aromatic heterocycles. The summed E-state index contributed by atoms with van der Waals surface area (Å²) < 4.78 is 5.25. The lowest BCUT2D eigenvalue weighted by molar-refractivity contribution is 0.0992. The number of hydrogen-bond donors (Lipinski definition) is 0. The lowest BCUT2D eigenvalue weighted by Gasteiger charge is -2.08. The molecule has 3 heteroatoms. The Balaban J connectivity index is 2.23. The first-order valence-corrected chi connectivity index (χ1v) is 6.41. The van der Waals surface area contributed by atoms with Gasteiger partial charge >= 0.3 is 0 Å². The quantitative estimate of drug-likeness (QED) is 0.785. The van der Waals surface area contributed by atoms with Gasteiger partial charge in [-0.3, -0.25) is 4.79 Å². The standard InChI is InChI=1S/C16H15ClO2/c1-11-7-8-12(9-14(11)17)15(18)10-13-5-3-4-6-16(13)19-2/h3-9H,10H2,1-2H3. The molecule has 2 nitrogen and oxygen atoms in total. The van der Waals surface area contributed by atoms with Crippen LogP contribution in [0.3, 0.4) is 0 Å². The summed E-state index contributed by atoms with van der Waals surface area (Å²) in [7, 11) is 1.60. The summed E-state index contributed by atoms with van der Waals surface area (Å²) in [6, 6.07) is 12.9. The average Bonchev–Trinajstić information content (AvgIpc) is 2.42. The number of carbonyl (C=O) groups excluding carboxylic acids is 1. The van der Waals surface area contributed by atoms with Gasteiger partial charge in [-0.2, -0.15) is 0 Å². The van der Waals surface area contributed by atoms with Gasteiger partial charge < -0.3 is 4.74 Å². The van der Waals surface area contributed by atoms with E-state index in [2.05, 4.69) is 0 Å². The molecule has 0 aliphatic heterocycles. The zero-order valence-corrected chi connectivity index (χ0v) is 11.7. The van der Waals surface area contributed by atoms with Gasteiger partial charge in [-0.05, 0) is 24.6 Å². The van der Waals surface area contributed by atoms with Gasteiger partial charge in [0.05, 0.1) is 7.11 Å². The summed E-state index contributed by atoms with van der Waals surface area (Å²) in [6.45, 7) is 1.91. The third kappa shape index (κ3) is 3.15. The van der Waals surface area contributed by atoms with E-state index in [-0.39, 0.29) is 5.78 Å². The minimum absolute atomic E-state index is 0.0337. The van der Waals surface area contributed by atoms with E-state index >= 15 is 0 Å². The highest BCUT2D eigenvalue weighted by Gasteiger charge is 2.11. The van der Waals surface area contributed by atoms with Crippen molar-refractivity contribution < 1.29 is 9.53 Å². The summed E-state index contributed by atoms with van der Waals surface area (Å²) in [5.41, 5.74) is 2.48. The Labute approximate surface area is 118 Å². The maximum atomic E-state index is 12.2. The van der Waals surface area contributed by atoms with Crippen molar-refractivity contribution in [1.82, 2.24) is 0 Å². The van der Waals surface area contributed by atoms with E-state index in [1.54, 1.807) is 19.2 Å². The number of para-hydroxylation sites is 1. The number of ether oxygens (including phenoxy) is 1. The summed E-state index contributed by atoms with van der Waals surface area (Å²) in [5.74, 6) is 0.764. The second-order valence-corrected chi connectivity index (χ2v) is 4.78. The molecule has 2 rings (SSSR count). The molecule has 2 aromatic rings. The van der Waals surface area contributed by atoms with Crippen molar-refractivity contribution in [3.8, 4) is 5.75 Å². The van der Waals surface area contributed by atoms with Crippen LogP contribution in [0.25, 0.3) is 0 Å². The molecule has 0 amide bonds. The van der Waals surface area contributed by atoms with Crippen LogP contribution in [0.5, 0.6) is 5.75 Å². The first-order chi connectivity index (χ1) is 9.11. The fourth-order valence-corrected chi connectivity index (χ4v) is 2.07. The van der Waals surface area contributed by atoms with Gasteiger partial charge in [0.25, 0.3) is 0 Å². The van der Waals surface area contributed by atoms with Crippen molar-refractivity contribution in [3.05, 3.63) is 64.2 Å². The van der Waals surface area contributed by atoms with Crippen LogP contribution < -0.4 is 4.74 Å². The fraction of sp³-hybridized carbons (Fsp3) is 0.188. The zero-order chi connectivity index (χ0) is 13.8. The molecule has 0 spiro atoms. The Morgan fingerprint density at radius 2 is 1.95 bits per heavy atom. The molecule has 0 heterocycles. The predicted molar refractivity (Wildman–Crippen MR) is 77.2 cm³/mol. The highest BCUT2D eigenvalue weighted by atomic mass is 35.5. The third-order valence-electron chi connectivity index (χ3n) is 3.04. The number of Topliss-reactive ketones (excluding diaryl/α,β-unsaturated/α-hetero) is 1. The zero-order valence-electron chi connectivity index (χ0n) is 10.9. The first-order valence-electron chi connectivity index (χ1n) is 6.03. The van der Waals surface area contributed by atoms with E-state index in [9.17, 15) is 4.79 Å². The number of aryl methyl sites for hydroxylation is 1. The first kappa shape index (κ1) is 13.6. The molecular formula is C16H15ClO2. The number of ketones is 1. The smallest absolute Gasteiger partial charge is 0.167 e. The minimum atomic E-state index is 0.0337. The van der Waals surface area contributed by atoms with Crippen molar-refractivity contribution in [3.63, 3.8) is 0 Å². The van der Waals surface area contributed by atoms with Crippen LogP contribution in [0, 0.1) is 6.92 Å². The lowest BCUT2D eigenvalue weighted by Crippen LogP contribution is -2.05. The van der Waals surface area contributed by atoms with Crippen molar-refractivity contribution in [2.45, 2.75) is 13.3 Å². The van der Waals surface area contributed by atoms with Crippen molar-refractivity contribution >= 4 is 17.4 Å². The highest BCUT2D eigenvalue weighted by Crippen LogP contribution is 2.21. The summed E-state index contributed by atoms with van der Waals surface area (Å²) in [4.78, 5) is 12.2. The molecule has 0 bridgehead atoms. The van der Waals surface area contributed by atoms with E-state index in [1.165, 1.54) is 0 Å². The second kappa shape index (κ2) is 5.89. The van der Waals surface area contributed by atoms with E-state index in [1.807, 2.05) is 37.3 Å². The predicted octanol–water partition coefficient (Wildman–Crippen LogP) is 4.08. The normalized spacial score (nSPS) is 10.3. The van der Waals surface area contributed by atoms with Gasteiger partial charge in [0.1, 0.15) is 5.75 Å². The molecule has 0 aliphatic rings. The van der Waals surface area contributed by atoms with Crippen LogP contribution in [0.2, 0.25) is 5.02 Å². The van der Waals surface area contributed by atoms with Crippen LogP contribution in [0.1, 0.15) is 21.5 Å². The molecule has 0 atom stereocenters. The maximum Gasteiger partial charge on any atom is 0.167 e. The van der Waals surface area contributed by atoms with Gasteiger partial charge in [-0.1, -0.05) is 41.9 Å². The monoisotopic (exact) mass is 274 g/mol. The van der Waals surface area contributed by atoms with Crippen molar-refractivity contribution in [2.75, 3.05) is 7.11 Å². The Morgan fingerprint density at radius 3 is 2.63 bits per heavy atom. The van der Waals surface area contributed by atoms with E-state index in [0.717, 1.165) is 16.9 Å². The number of methoxy groups -OCH3 is 1. The van der Waals surface area contributed by atoms with Gasteiger partial charge in [-0.25, -0.2) is 0 Å². The molecule has 98 valence electrons. The van der Waals surface area contributed by atoms with Crippen molar-refractivity contribution in [1.29, 1.82) is 0 Å². The van der Waals surface area contributed by atoms with E-state index in [0.29, 0.717) is 17.0 Å². The SMILES string of the molecule is COc1ccccc1CC(=O)c1ccc(C)c(Cl)c1. The molecule has 0 radical (unpaired) electrons. The largest absolute Gasteiger partial charge is 0.496 e. The highest BCUT2D eigenvalue weighted by molar-refractivity contribution is 6.31. The fourth-order valence-electron chi connectivity index (χ4n) is 1.89. The molecule has 0 saturated carbocycles. The van der Waals surface area contributed by atoms with E-state index < -0.39 is 0 Å². The van der Waals surface area contributed by atoms with Crippen LogP contribution in [-0.2, 0) is 6.42 Å². The number of hydrogen-bond acceptors (Lipinski definition) is 2. The summed E-state index contributed by atoms with van der Waals surface area (Å²) in [5, 5.41) is 0.617.